The van der Waals surface area contributed by atoms with Gasteiger partial charge in [0.05, 0.1) is 0 Å². The Kier molecular flexibility index (Phi) is 5.26. The zero-order valence-electron chi connectivity index (χ0n) is 14.4. The number of carbonyl (C=O) groups excluding carboxylic acids is 1. The van der Waals surface area contributed by atoms with Crippen LogP contribution in [0.4, 0.5) is 10.6 Å². The van der Waals surface area contributed by atoms with Crippen LogP contribution in [0.25, 0.3) is 5.65 Å². The Morgan fingerprint density at radius 2 is 2.24 bits per heavy atom. The van der Waals surface area contributed by atoms with Crippen molar-refractivity contribution in [2.45, 2.75) is 38.8 Å². The van der Waals surface area contributed by atoms with Gasteiger partial charge in [-0.05, 0) is 49.2 Å². The summed E-state index contributed by atoms with van der Waals surface area (Å²) in [6.45, 7) is 6.38. The van der Waals surface area contributed by atoms with Crippen molar-refractivity contribution in [1.82, 2.24) is 19.3 Å². The van der Waals surface area contributed by atoms with E-state index < -0.39 is 14.6 Å². The smallest absolute Gasteiger partial charge is 0.410 e. The molecule has 1 fully saturated rings. The number of carbonyl (C=O) groups is 1. The molecule has 2 aromatic heterocycles. The molecule has 0 spiro atoms. The summed E-state index contributed by atoms with van der Waals surface area (Å²) in [6, 6.07) is 1.08. The van der Waals surface area contributed by atoms with E-state index in [4.69, 9.17) is 16.3 Å². The summed E-state index contributed by atoms with van der Waals surface area (Å²) >= 11 is 9.62. The number of fused-ring (bicyclic) bond motifs is 1. The first-order valence-electron chi connectivity index (χ1n) is 8.17. The fourth-order valence-electron chi connectivity index (χ4n) is 2.81. The maximum absolute atomic E-state index is 12.3. The van der Waals surface area contributed by atoms with E-state index in [1.807, 2.05) is 20.8 Å². The normalized spacial score (nSPS) is 18.4. The molecule has 1 saturated heterocycles. The van der Waals surface area contributed by atoms with Crippen LogP contribution in [0.5, 0.6) is 0 Å². The molecule has 2 aromatic rings. The SMILES string of the molecule is CC(C)(C)OC(=O)N1CCC[Si@H](Nc2nc(Br)c(Cl)n3ccnc23)C1. The lowest BCUT2D eigenvalue weighted by Crippen LogP contribution is -2.49. The van der Waals surface area contributed by atoms with Gasteiger partial charge in [0.2, 0.25) is 0 Å². The Morgan fingerprint density at radius 1 is 1.48 bits per heavy atom. The minimum Gasteiger partial charge on any atom is -0.444 e. The summed E-state index contributed by atoms with van der Waals surface area (Å²) in [5, 5.41) is 0.485. The molecule has 0 bridgehead atoms. The van der Waals surface area contributed by atoms with Crippen molar-refractivity contribution in [1.29, 1.82) is 0 Å². The number of imidazole rings is 1. The van der Waals surface area contributed by atoms with Crippen LogP contribution in [0, 0.1) is 0 Å². The monoisotopic (exact) mass is 445 g/mol. The number of hydrogen-bond acceptors (Lipinski definition) is 5. The van der Waals surface area contributed by atoms with E-state index in [2.05, 4.69) is 30.9 Å². The number of amides is 1. The summed E-state index contributed by atoms with van der Waals surface area (Å²) in [5.41, 5.74) is 0.207. The van der Waals surface area contributed by atoms with E-state index in [9.17, 15) is 4.79 Å². The number of ether oxygens (including phenoxy) is 1. The van der Waals surface area contributed by atoms with Crippen LogP contribution in [0.15, 0.2) is 17.0 Å². The lowest BCUT2D eigenvalue weighted by Gasteiger charge is -2.33. The largest absolute Gasteiger partial charge is 0.444 e. The summed E-state index contributed by atoms with van der Waals surface area (Å²) < 4.78 is 7.84. The number of halogens is 2. The molecule has 1 aliphatic rings. The van der Waals surface area contributed by atoms with Crippen molar-refractivity contribution in [3.05, 3.63) is 22.1 Å². The van der Waals surface area contributed by atoms with E-state index in [-0.39, 0.29) is 6.09 Å². The summed E-state index contributed by atoms with van der Waals surface area (Å²) in [4.78, 5) is 26.5. The van der Waals surface area contributed by atoms with Gasteiger partial charge in [-0.1, -0.05) is 11.6 Å². The number of hydrogen-bond donors (Lipinski definition) is 1. The molecule has 7 nitrogen and oxygen atoms in total. The lowest BCUT2D eigenvalue weighted by atomic mass is 10.2. The van der Waals surface area contributed by atoms with Crippen molar-refractivity contribution in [3.8, 4) is 0 Å². The average Bonchev–Trinajstić information content (AvgIpc) is 3.01. The van der Waals surface area contributed by atoms with Gasteiger partial charge in [-0.25, -0.2) is 14.8 Å². The molecule has 0 radical (unpaired) electrons. The molecule has 25 heavy (non-hydrogen) atoms. The Hall–Kier alpha value is -1.32. The highest BCUT2D eigenvalue weighted by molar-refractivity contribution is 9.10. The fraction of sp³-hybridized carbons (Fsp3) is 0.533. The maximum atomic E-state index is 12.3. The molecule has 1 atom stereocenters. The van der Waals surface area contributed by atoms with Gasteiger partial charge in [-0.2, -0.15) is 0 Å². The first kappa shape index (κ1) is 18.5. The standard InChI is InChI=1S/C15H21BrClN5O2Si/c1-15(2,3)24-14(23)21-6-4-8-25(9-21)20-12-13-18-5-7-22(13)11(17)10(16)19-12/h5,7,25H,4,6,8-9H2,1-3H3,(H,19,20)/t25-/m0/s1. The molecule has 3 heterocycles. The summed E-state index contributed by atoms with van der Waals surface area (Å²) in [7, 11) is -1.46. The highest BCUT2D eigenvalue weighted by atomic mass is 79.9. The summed E-state index contributed by atoms with van der Waals surface area (Å²) in [5.74, 6) is 0.698. The van der Waals surface area contributed by atoms with E-state index in [0.717, 1.165) is 19.0 Å². The molecule has 136 valence electrons. The maximum Gasteiger partial charge on any atom is 0.410 e. The van der Waals surface area contributed by atoms with E-state index in [1.165, 1.54) is 0 Å². The van der Waals surface area contributed by atoms with Crippen LogP contribution < -0.4 is 4.98 Å². The fourth-order valence-corrected chi connectivity index (χ4v) is 5.89. The van der Waals surface area contributed by atoms with E-state index in [0.29, 0.717) is 27.4 Å². The third kappa shape index (κ3) is 4.27. The average molecular weight is 447 g/mol. The zero-order chi connectivity index (χ0) is 18.2. The van der Waals surface area contributed by atoms with Crippen molar-refractivity contribution in [2.24, 2.45) is 0 Å². The predicted molar refractivity (Wildman–Crippen MR) is 104 cm³/mol. The Balaban J connectivity index is 1.74. The zero-order valence-corrected chi connectivity index (χ0v) is 17.9. The lowest BCUT2D eigenvalue weighted by molar-refractivity contribution is 0.0273. The number of rotatable bonds is 2. The van der Waals surface area contributed by atoms with Crippen LogP contribution >= 0.6 is 27.5 Å². The van der Waals surface area contributed by atoms with Gasteiger partial charge < -0.3 is 14.6 Å². The molecular formula is C15H21BrClN5O2Si. The van der Waals surface area contributed by atoms with Crippen molar-refractivity contribution in [3.63, 3.8) is 0 Å². The highest BCUT2D eigenvalue weighted by Crippen LogP contribution is 2.26. The molecule has 0 saturated carbocycles. The van der Waals surface area contributed by atoms with Crippen LogP contribution in [0.3, 0.4) is 0 Å². The van der Waals surface area contributed by atoms with Gasteiger partial charge in [-0.15, -0.1) is 0 Å². The third-order valence-electron chi connectivity index (χ3n) is 3.86. The van der Waals surface area contributed by atoms with Gasteiger partial charge >= 0.3 is 6.09 Å². The molecule has 10 heteroatoms. The minimum absolute atomic E-state index is 0.247. The molecule has 1 aliphatic heterocycles. The topological polar surface area (TPSA) is 71.8 Å². The van der Waals surface area contributed by atoms with Crippen molar-refractivity contribution < 1.29 is 9.53 Å². The second-order valence-corrected chi connectivity index (χ2v) is 10.8. The van der Waals surface area contributed by atoms with Crippen LogP contribution in [-0.2, 0) is 4.74 Å². The molecule has 0 unspecified atom stereocenters. The van der Waals surface area contributed by atoms with Crippen LogP contribution in [0.1, 0.15) is 27.2 Å². The Labute approximate surface area is 161 Å². The summed E-state index contributed by atoms with van der Waals surface area (Å²) in [6.07, 6.45) is 4.90. The third-order valence-corrected chi connectivity index (χ3v) is 7.67. The van der Waals surface area contributed by atoms with Crippen LogP contribution in [-0.4, -0.2) is 52.6 Å². The van der Waals surface area contributed by atoms with Gasteiger partial charge in [0.25, 0.3) is 0 Å². The highest BCUT2D eigenvalue weighted by Gasteiger charge is 2.29. The van der Waals surface area contributed by atoms with Gasteiger partial charge in [0, 0.05) is 25.1 Å². The van der Waals surface area contributed by atoms with E-state index in [1.54, 1.807) is 21.7 Å². The van der Waals surface area contributed by atoms with Gasteiger partial charge in [-0.3, -0.25) is 4.40 Å². The number of nitrogens with zero attached hydrogens (tertiary/aromatic N) is 4. The Morgan fingerprint density at radius 3 is 2.96 bits per heavy atom. The second kappa shape index (κ2) is 7.12. The molecule has 0 aromatic carbocycles. The van der Waals surface area contributed by atoms with Crippen LogP contribution in [0.2, 0.25) is 11.2 Å². The Bertz CT molecular complexity index is 794. The van der Waals surface area contributed by atoms with Crippen molar-refractivity contribution in [2.75, 3.05) is 17.7 Å². The quantitative estimate of drug-likeness (QED) is 0.715. The van der Waals surface area contributed by atoms with Gasteiger partial charge in [0.15, 0.2) is 20.4 Å². The number of aromatic nitrogens is 3. The van der Waals surface area contributed by atoms with Gasteiger partial charge in [0.1, 0.15) is 15.4 Å². The molecule has 1 N–H and O–H groups in total. The first-order valence-corrected chi connectivity index (χ1v) is 11.6. The minimum atomic E-state index is -1.46. The van der Waals surface area contributed by atoms with E-state index >= 15 is 0 Å². The molecular weight excluding hydrogens is 426 g/mol. The first-order chi connectivity index (χ1) is 11.7. The number of nitrogens with one attached hydrogen (secondary N) is 1. The predicted octanol–water partition coefficient (Wildman–Crippen LogP) is 3.46. The second-order valence-electron chi connectivity index (χ2n) is 7.07. The molecule has 1 amide bonds. The molecule has 3 rings (SSSR count). The van der Waals surface area contributed by atoms with Crippen molar-refractivity contribution >= 4 is 54.0 Å². The number of anilines is 1. The molecule has 0 aliphatic carbocycles.